The number of rotatable bonds is 12. The van der Waals surface area contributed by atoms with E-state index in [1.807, 2.05) is 82.8 Å². The number of ether oxygens (including phenoxy) is 1. The highest BCUT2D eigenvalue weighted by Crippen LogP contribution is 2.33. The lowest BCUT2D eigenvalue weighted by molar-refractivity contribution is -0.147. The molecule has 0 spiro atoms. The minimum Gasteiger partial charge on any atom is -0.457 e. The van der Waals surface area contributed by atoms with Gasteiger partial charge >= 0.3 is 0 Å². The van der Waals surface area contributed by atoms with Gasteiger partial charge in [0.1, 0.15) is 29.4 Å². The number of fused-ring (bicyclic) bond motifs is 2. The molecule has 324 valence electrons. The van der Waals surface area contributed by atoms with Crippen molar-refractivity contribution in [2.75, 3.05) is 33.8 Å². The summed E-state index contributed by atoms with van der Waals surface area (Å²) in [5.74, 6) is -0.820. The standard InChI is InChI=1S/C46H55Cl2N7O6/c1-6-7-9-33-22-42(57)55(26-34-12-17-36(48)23-40(34)61-37-18-13-32(14-19-37)39-25-49-41(53(39)5)27-52(3)4)30(2)43(58)50-38(28-56)44(59)51-46(20-8-21-54(29-46)45(33)60)24-31-10-15-35(47)16-11-31/h6-7,10-19,23,25,30,33,38,56H,8-9,20-22,24,26-29H2,1-5H3,(H,50,58)(H,51,59)/b7-6+/t30-,33+,38-,46+/m0/s1. The Kier molecular flexibility index (Phi) is 14.9. The second-order valence-electron chi connectivity index (χ2n) is 16.3. The van der Waals surface area contributed by atoms with Gasteiger partial charge in [0.25, 0.3) is 0 Å². The van der Waals surface area contributed by atoms with Crippen LogP contribution in [-0.4, -0.2) is 104 Å². The number of halogens is 2. The van der Waals surface area contributed by atoms with Crippen LogP contribution < -0.4 is 15.4 Å². The Morgan fingerprint density at radius 3 is 2.41 bits per heavy atom. The van der Waals surface area contributed by atoms with Crippen molar-refractivity contribution >= 4 is 46.8 Å². The van der Waals surface area contributed by atoms with E-state index in [-0.39, 0.29) is 25.4 Å². The normalized spacial score (nSPS) is 21.8. The number of aliphatic hydroxyl groups is 1. The Hall–Kier alpha value is -5.21. The fourth-order valence-electron chi connectivity index (χ4n) is 8.08. The smallest absolute Gasteiger partial charge is 0.245 e. The minimum atomic E-state index is -1.33. The molecule has 1 aromatic heterocycles. The zero-order valence-corrected chi connectivity index (χ0v) is 36.9. The predicted octanol–water partition coefficient (Wildman–Crippen LogP) is 6.15. The molecular weight excluding hydrogens is 817 g/mol. The summed E-state index contributed by atoms with van der Waals surface area (Å²) >= 11 is 12.7. The lowest BCUT2D eigenvalue weighted by Crippen LogP contribution is -2.65. The molecule has 4 atom stereocenters. The summed E-state index contributed by atoms with van der Waals surface area (Å²) in [6.07, 6.45) is 7.20. The molecule has 0 unspecified atom stereocenters. The average Bonchev–Trinajstić information content (AvgIpc) is 3.59. The van der Waals surface area contributed by atoms with Crippen LogP contribution in [0.2, 0.25) is 10.0 Å². The van der Waals surface area contributed by atoms with Crippen molar-refractivity contribution in [2.45, 2.75) is 76.7 Å². The van der Waals surface area contributed by atoms with Gasteiger partial charge in [-0.2, -0.15) is 0 Å². The number of hydrogen-bond acceptors (Lipinski definition) is 8. The van der Waals surface area contributed by atoms with Gasteiger partial charge in [0.15, 0.2) is 0 Å². The first-order chi connectivity index (χ1) is 29.2. The van der Waals surface area contributed by atoms with Crippen molar-refractivity contribution in [3.63, 3.8) is 0 Å². The molecule has 13 nitrogen and oxygen atoms in total. The molecule has 4 aromatic rings. The van der Waals surface area contributed by atoms with Gasteiger partial charge in [0, 0.05) is 47.7 Å². The van der Waals surface area contributed by atoms with E-state index in [0.717, 1.165) is 22.6 Å². The maximum absolute atomic E-state index is 14.6. The number of nitrogens with one attached hydrogen (secondary N) is 2. The van der Waals surface area contributed by atoms with Gasteiger partial charge in [-0.15, -0.1) is 0 Å². The molecule has 2 bridgehead atoms. The monoisotopic (exact) mass is 871 g/mol. The molecule has 15 heteroatoms. The molecule has 0 aliphatic carbocycles. The maximum atomic E-state index is 14.6. The van der Waals surface area contributed by atoms with Crippen LogP contribution in [0.4, 0.5) is 0 Å². The largest absolute Gasteiger partial charge is 0.457 e. The van der Waals surface area contributed by atoms with E-state index in [9.17, 15) is 24.3 Å². The molecule has 0 saturated carbocycles. The van der Waals surface area contributed by atoms with Crippen molar-refractivity contribution < 1.29 is 29.0 Å². The fourth-order valence-corrected chi connectivity index (χ4v) is 8.37. The summed E-state index contributed by atoms with van der Waals surface area (Å²) in [7, 11) is 5.97. The van der Waals surface area contributed by atoms with E-state index in [2.05, 4.69) is 25.1 Å². The maximum Gasteiger partial charge on any atom is 0.245 e. The quantitative estimate of drug-likeness (QED) is 0.144. The van der Waals surface area contributed by atoms with Gasteiger partial charge in [0.05, 0.1) is 43.0 Å². The number of aliphatic hydroxyl groups excluding tert-OH is 1. The Labute approximate surface area is 367 Å². The van der Waals surface area contributed by atoms with Crippen LogP contribution in [0.25, 0.3) is 11.3 Å². The van der Waals surface area contributed by atoms with E-state index in [1.54, 1.807) is 42.2 Å². The van der Waals surface area contributed by atoms with E-state index in [4.69, 9.17) is 27.9 Å². The fraction of sp³-hybridized carbons (Fsp3) is 0.413. The van der Waals surface area contributed by atoms with Crippen LogP contribution in [0.1, 0.15) is 56.5 Å². The predicted molar refractivity (Wildman–Crippen MR) is 236 cm³/mol. The van der Waals surface area contributed by atoms with Crippen molar-refractivity contribution in [3.05, 3.63) is 112 Å². The summed E-state index contributed by atoms with van der Waals surface area (Å²) < 4.78 is 8.45. The van der Waals surface area contributed by atoms with Gasteiger partial charge in [-0.1, -0.05) is 53.6 Å². The van der Waals surface area contributed by atoms with E-state index >= 15 is 0 Å². The summed E-state index contributed by atoms with van der Waals surface area (Å²) in [5, 5.41) is 17.3. The third-order valence-electron chi connectivity index (χ3n) is 11.4. The van der Waals surface area contributed by atoms with Crippen molar-refractivity contribution in [2.24, 2.45) is 13.0 Å². The summed E-state index contributed by atoms with van der Waals surface area (Å²) in [4.78, 5) is 67.0. The van der Waals surface area contributed by atoms with Crippen LogP contribution in [0.3, 0.4) is 0 Å². The lowest BCUT2D eigenvalue weighted by atomic mass is 9.82. The molecule has 3 aromatic carbocycles. The van der Waals surface area contributed by atoms with E-state index in [0.29, 0.717) is 65.9 Å². The zero-order chi connectivity index (χ0) is 43.8. The molecule has 4 amide bonds. The van der Waals surface area contributed by atoms with Gasteiger partial charge in [0.2, 0.25) is 23.6 Å². The summed E-state index contributed by atoms with van der Waals surface area (Å²) in [5.41, 5.74) is 2.44. The van der Waals surface area contributed by atoms with Crippen LogP contribution in [-0.2, 0) is 45.7 Å². The molecule has 61 heavy (non-hydrogen) atoms. The summed E-state index contributed by atoms with van der Waals surface area (Å²) in [6.45, 7) is 3.97. The van der Waals surface area contributed by atoms with E-state index < -0.39 is 47.9 Å². The van der Waals surface area contributed by atoms with Crippen LogP contribution >= 0.6 is 23.2 Å². The third-order valence-corrected chi connectivity index (χ3v) is 11.9. The van der Waals surface area contributed by atoms with Crippen LogP contribution in [0, 0.1) is 5.92 Å². The van der Waals surface area contributed by atoms with Crippen molar-refractivity contribution in [3.8, 4) is 22.8 Å². The molecule has 2 aliphatic heterocycles. The van der Waals surface area contributed by atoms with Gasteiger partial charge in [-0.3, -0.25) is 19.2 Å². The Bertz CT molecular complexity index is 2230. The number of imidazole rings is 1. The van der Waals surface area contributed by atoms with E-state index in [1.165, 1.54) is 4.90 Å². The number of carbonyl (C=O) groups excluding carboxylic acids is 4. The van der Waals surface area contributed by atoms with Gasteiger partial charge < -0.3 is 39.7 Å². The summed E-state index contributed by atoms with van der Waals surface area (Å²) in [6, 6.07) is 17.5. The molecule has 3 N–H and O–H groups in total. The molecule has 2 fully saturated rings. The SMILES string of the molecule is C/C=C/C[C@@H]1CC(=O)N(Cc2ccc(Cl)cc2Oc2ccc(-c3cnc(CN(C)C)n3C)cc2)[C@@H](C)C(=O)N[C@@H](CO)C(=O)N[C@@]2(Cc3ccc(Cl)cc3)CCCN(C2)C1=O. The molecule has 0 radical (unpaired) electrons. The van der Waals surface area contributed by atoms with Crippen molar-refractivity contribution in [1.29, 1.82) is 0 Å². The molecule has 2 saturated heterocycles. The van der Waals surface area contributed by atoms with Crippen molar-refractivity contribution in [1.82, 2.24) is 34.9 Å². The highest BCUT2D eigenvalue weighted by Gasteiger charge is 2.43. The minimum absolute atomic E-state index is 0.0872. The third kappa shape index (κ3) is 11.2. The second-order valence-corrected chi connectivity index (χ2v) is 17.2. The first-order valence-corrected chi connectivity index (χ1v) is 21.3. The Morgan fingerprint density at radius 2 is 1.72 bits per heavy atom. The number of hydrogen-bond donors (Lipinski definition) is 3. The molecular formula is C46H55Cl2N7O6. The van der Waals surface area contributed by atoms with Gasteiger partial charge in [-0.25, -0.2) is 4.98 Å². The lowest BCUT2D eigenvalue weighted by Gasteiger charge is -2.45. The number of piperidine rings is 1. The number of benzene rings is 3. The van der Waals surface area contributed by atoms with Crippen LogP contribution in [0.5, 0.6) is 11.5 Å². The average molecular weight is 873 g/mol. The second kappa shape index (κ2) is 20.1. The number of amides is 4. The topological polar surface area (TPSA) is 149 Å². The Morgan fingerprint density at radius 1 is 1.00 bits per heavy atom. The number of aromatic nitrogens is 2. The number of carbonyl (C=O) groups is 4. The number of allylic oxidation sites excluding steroid dienone is 2. The van der Waals surface area contributed by atoms with Gasteiger partial charge in [-0.05, 0) is 108 Å². The first kappa shape index (κ1) is 45.3. The Balaban J connectivity index is 1.30. The zero-order valence-electron chi connectivity index (χ0n) is 35.4. The highest BCUT2D eigenvalue weighted by molar-refractivity contribution is 6.31. The molecule has 6 rings (SSSR count). The number of nitrogens with zero attached hydrogens (tertiary/aromatic N) is 5. The molecule has 2 aliphatic rings. The first-order valence-electron chi connectivity index (χ1n) is 20.6. The molecule has 3 heterocycles. The van der Waals surface area contributed by atoms with Crippen LogP contribution in [0.15, 0.2) is 85.1 Å². The highest BCUT2D eigenvalue weighted by atomic mass is 35.5.